The lowest BCUT2D eigenvalue weighted by Crippen LogP contribution is -3.06. The van der Waals surface area contributed by atoms with E-state index in [0.717, 1.165) is 18.8 Å². The summed E-state index contributed by atoms with van der Waals surface area (Å²) >= 11 is 0. The fourth-order valence-electron chi connectivity index (χ4n) is 2.00. The molecular formula is C15H22N3O+. The van der Waals surface area contributed by atoms with Gasteiger partial charge in [0.05, 0.1) is 26.4 Å². The number of nitrogens with zero attached hydrogens (tertiary/aromatic N) is 2. The molecule has 0 aliphatic heterocycles. The molecule has 0 aliphatic rings. The summed E-state index contributed by atoms with van der Waals surface area (Å²) in [6.45, 7) is 1.72. The topological polar surface area (TPSA) is 31.5 Å². The number of aryl methyl sites for hydroxylation is 1. The van der Waals surface area contributed by atoms with Crippen molar-refractivity contribution in [2.24, 2.45) is 7.05 Å². The van der Waals surface area contributed by atoms with Gasteiger partial charge in [-0.2, -0.15) is 5.10 Å². The Kier molecular flexibility index (Phi) is 4.71. The van der Waals surface area contributed by atoms with E-state index in [-0.39, 0.29) is 6.10 Å². The summed E-state index contributed by atoms with van der Waals surface area (Å²) in [5, 5.41) is 4.24. The Hall–Kier alpha value is -1.65. The van der Waals surface area contributed by atoms with Crippen LogP contribution in [0.1, 0.15) is 17.4 Å². The molecule has 1 heterocycles. The Morgan fingerprint density at radius 3 is 2.53 bits per heavy atom. The minimum absolute atomic E-state index is 0.0481. The fraction of sp³-hybridized carbons (Fsp3) is 0.400. The number of likely N-dealkylation sites (N-methyl/N-ethyl adjacent to an activating group) is 1. The number of nitrogens with one attached hydrogen (secondary N) is 1. The van der Waals surface area contributed by atoms with E-state index >= 15 is 0 Å². The van der Waals surface area contributed by atoms with E-state index < -0.39 is 0 Å². The molecule has 19 heavy (non-hydrogen) atoms. The van der Waals surface area contributed by atoms with Gasteiger partial charge in [-0.3, -0.25) is 4.68 Å². The van der Waals surface area contributed by atoms with E-state index in [1.54, 1.807) is 0 Å². The van der Waals surface area contributed by atoms with Gasteiger partial charge in [-0.25, -0.2) is 0 Å². The molecular weight excluding hydrogens is 238 g/mol. The third kappa shape index (κ3) is 3.66. The molecule has 1 aromatic heterocycles. The van der Waals surface area contributed by atoms with Gasteiger partial charge in [0.15, 0.2) is 0 Å². The third-order valence-corrected chi connectivity index (χ3v) is 3.12. The smallest absolute Gasteiger partial charge is 0.124 e. The number of quaternary nitrogens is 1. The Labute approximate surface area is 114 Å². The van der Waals surface area contributed by atoms with Gasteiger partial charge in [-0.05, 0) is 11.6 Å². The number of hydrogen-bond donors (Lipinski definition) is 1. The highest BCUT2D eigenvalue weighted by molar-refractivity contribution is 5.25. The maximum Gasteiger partial charge on any atom is 0.124 e. The summed E-state index contributed by atoms with van der Waals surface area (Å²) in [4.78, 5) is 1.39. The van der Waals surface area contributed by atoms with Crippen LogP contribution in [0.15, 0.2) is 42.6 Å². The molecule has 4 nitrogen and oxygen atoms in total. The molecule has 0 aliphatic carbocycles. The maximum atomic E-state index is 6.08. The number of aromatic nitrogens is 2. The van der Waals surface area contributed by atoms with Gasteiger partial charge >= 0.3 is 0 Å². The molecule has 0 radical (unpaired) electrons. The predicted molar refractivity (Wildman–Crippen MR) is 75.1 cm³/mol. The normalized spacial score (nSPS) is 12.8. The second kappa shape index (κ2) is 6.50. The SMILES string of the molecule is Cn1nccc1C(OCC[NH+](C)C)c1ccccc1. The van der Waals surface area contributed by atoms with Gasteiger partial charge < -0.3 is 9.64 Å². The Balaban J connectivity index is 2.17. The van der Waals surface area contributed by atoms with E-state index in [2.05, 4.69) is 31.3 Å². The average Bonchev–Trinajstić information content (AvgIpc) is 2.82. The Morgan fingerprint density at radius 2 is 1.95 bits per heavy atom. The van der Waals surface area contributed by atoms with Crippen molar-refractivity contribution in [1.29, 1.82) is 0 Å². The summed E-state index contributed by atoms with van der Waals surface area (Å²) in [7, 11) is 6.21. The zero-order chi connectivity index (χ0) is 13.7. The minimum Gasteiger partial charge on any atom is -0.361 e. The van der Waals surface area contributed by atoms with Gasteiger partial charge in [0, 0.05) is 13.2 Å². The molecule has 2 rings (SSSR count). The molecule has 0 amide bonds. The van der Waals surface area contributed by atoms with Crippen LogP contribution in [0, 0.1) is 0 Å². The summed E-state index contributed by atoms with van der Waals surface area (Å²) in [6, 6.07) is 12.3. The zero-order valence-electron chi connectivity index (χ0n) is 11.8. The molecule has 0 bridgehead atoms. The van der Waals surface area contributed by atoms with Crippen LogP contribution in [0.25, 0.3) is 0 Å². The van der Waals surface area contributed by atoms with Crippen LogP contribution < -0.4 is 4.90 Å². The van der Waals surface area contributed by atoms with Crippen molar-refractivity contribution in [3.05, 3.63) is 53.9 Å². The molecule has 0 saturated carbocycles. The highest BCUT2D eigenvalue weighted by Gasteiger charge is 2.18. The monoisotopic (exact) mass is 260 g/mol. The van der Waals surface area contributed by atoms with E-state index in [4.69, 9.17) is 4.74 Å². The number of hydrogen-bond acceptors (Lipinski definition) is 2. The number of benzene rings is 1. The molecule has 1 unspecified atom stereocenters. The first-order chi connectivity index (χ1) is 9.18. The largest absolute Gasteiger partial charge is 0.361 e. The van der Waals surface area contributed by atoms with Crippen LogP contribution in [-0.2, 0) is 11.8 Å². The highest BCUT2D eigenvalue weighted by atomic mass is 16.5. The van der Waals surface area contributed by atoms with Crippen LogP contribution in [-0.4, -0.2) is 37.0 Å². The van der Waals surface area contributed by atoms with Crippen molar-refractivity contribution in [2.45, 2.75) is 6.10 Å². The number of ether oxygens (including phenoxy) is 1. The van der Waals surface area contributed by atoms with Crippen molar-refractivity contribution in [3.8, 4) is 0 Å². The standard InChI is InChI=1S/C15H21N3O/c1-17(2)11-12-19-15(13-7-5-4-6-8-13)14-9-10-16-18(14)3/h4-10,15H,11-12H2,1-3H3/p+1. The maximum absolute atomic E-state index is 6.08. The lowest BCUT2D eigenvalue weighted by Gasteiger charge is -2.19. The third-order valence-electron chi connectivity index (χ3n) is 3.12. The van der Waals surface area contributed by atoms with Crippen molar-refractivity contribution in [1.82, 2.24) is 9.78 Å². The van der Waals surface area contributed by atoms with E-state index in [0.29, 0.717) is 0 Å². The van der Waals surface area contributed by atoms with Crippen LogP contribution in [0.4, 0.5) is 0 Å². The van der Waals surface area contributed by atoms with Crippen LogP contribution in [0.2, 0.25) is 0 Å². The van der Waals surface area contributed by atoms with Gasteiger partial charge in [-0.1, -0.05) is 30.3 Å². The first-order valence-corrected chi connectivity index (χ1v) is 6.62. The zero-order valence-corrected chi connectivity index (χ0v) is 11.8. The Bertz CT molecular complexity index is 493. The lowest BCUT2D eigenvalue weighted by molar-refractivity contribution is -0.858. The lowest BCUT2D eigenvalue weighted by atomic mass is 10.1. The molecule has 0 spiro atoms. The second-order valence-corrected chi connectivity index (χ2v) is 5.00. The molecule has 0 saturated heterocycles. The molecule has 0 fully saturated rings. The minimum atomic E-state index is -0.0481. The first kappa shape index (κ1) is 13.8. The van der Waals surface area contributed by atoms with E-state index in [1.165, 1.54) is 10.5 Å². The quantitative estimate of drug-likeness (QED) is 0.828. The van der Waals surface area contributed by atoms with Crippen molar-refractivity contribution in [2.75, 3.05) is 27.2 Å². The highest BCUT2D eigenvalue weighted by Crippen LogP contribution is 2.24. The van der Waals surface area contributed by atoms with Crippen LogP contribution in [0.5, 0.6) is 0 Å². The van der Waals surface area contributed by atoms with Crippen molar-refractivity contribution < 1.29 is 9.64 Å². The van der Waals surface area contributed by atoms with E-state index in [9.17, 15) is 0 Å². The average molecular weight is 260 g/mol. The fourth-order valence-corrected chi connectivity index (χ4v) is 2.00. The van der Waals surface area contributed by atoms with Gasteiger partial charge in [-0.15, -0.1) is 0 Å². The van der Waals surface area contributed by atoms with Crippen molar-refractivity contribution >= 4 is 0 Å². The first-order valence-electron chi connectivity index (χ1n) is 6.62. The van der Waals surface area contributed by atoms with Crippen molar-refractivity contribution in [3.63, 3.8) is 0 Å². The van der Waals surface area contributed by atoms with Gasteiger partial charge in [0.25, 0.3) is 0 Å². The Morgan fingerprint density at radius 1 is 1.21 bits per heavy atom. The molecule has 1 N–H and O–H groups in total. The summed E-state index contributed by atoms with van der Waals surface area (Å²) < 4.78 is 7.96. The summed E-state index contributed by atoms with van der Waals surface area (Å²) in [5.41, 5.74) is 2.25. The predicted octanol–water partition coefficient (Wildman–Crippen LogP) is 0.671. The van der Waals surface area contributed by atoms with Crippen LogP contribution in [0.3, 0.4) is 0 Å². The molecule has 4 heteroatoms. The molecule has 2 aromatic rings. The number of rotatable bonds is 6. The molecule has 102 valence electrons. The van der Waals surface area contributed by atoms with Crippen LogP contribution >= 0.6 is 0 Å². The second-order valence-electron chi connectivity index (χ2n) is 5.00. The van der Waals surface area contributed by atoms with Gasteiger partial charge in [0.2, 0.25) is 0 Å². The molecule has 1 aromatic carbocycles. The summed E-state index contributed by atoms with van der Waals surface area (Å²) in [6.07, 6.45) is 1.76. The summed E-state index contributed by atoms with van der Waals surface area (Å²) in [5.74, 6) is 0. The molecule has 1 atom stereocenters. The van der Waals surface area contributed by atoms with Gasteiger partial charge in [0.1, 0.15) is 12.6 Å². The van der Waals surface area contributed by atoms with E-state index in [1.807, 2.05) is 42.2 Å².